The van der Waals surface area contributed by atoms with Gasteiger partial charge in [-0.3, -0.25) is 15.5 Å². The zero-order valence-electron chi connectivity index (χ0n) is 12.5. The third-order valence-corrected chi connectivity index (χ3v) is 4.12. The summed E-state index contributed by atoms with van der Waals surface area (Å²) in [4.78, 5) is 14.6. The molecule has 2 N–H and O–H groups in total. The molecule has 0 aliphatic heterocycles. The number of nitro groups is 1. The maximum Gasteiger partial charge on any atom is 0.315 e. The second kappa shape index (κ2) is 6.50. The number of aromatic hydroxyl groups is 1. The van der Waals surface area contributed by atoms with Crippen molar-refractivity contribution >= 4 is 38.6 Å². The minimum Gasteiger partial charge on any atom is -0.502 e. The van der Waals surface area contributed by atoms with Gasteiger partial charge in [0.15, 0.2) is 0 Å². The lowest BCUT2D eigenvalue weighted by molar-refractivity contribution is -0.385. The number of methoxy groups -OCH3 is 1. The number of aromatic nitrogens is 1. The Balaban J connectivity index is 1.85. The summed E-state index contributed by atoms with van der Waals surface area (Å²) in [6.45, 7) is 0. The maximum atomic E-state index is 11.0. The van der Waals surface area contributed by atoms with Crippen LogP contribution in [0.3, 0.4) is 0 Å². The van der Waals surface area contributed by atoms with Crippen molar-refractivity contribution < 1.29 is 14.8 Å². The first-order valence-electron chi connectivity index (χ1n) is 6.78. The molecule has 0 saturated heterocycles. The van der Waals surface area contributed by atoms with Gasteiger partial charge in [0.2, 0.25) is 10.9 Å². The number of nitro benzene ring substituents is 1. The molecule has 0 spiro atoms. The number of hydrogen-bond acceptors (Lipinski definition) is 8. The minimum absolute atomic E-state index is 0.162. The van der Waals surface area contributed by atoms with Crippen LogP contribution < -0.4 is 10.2 Å². The Hall–Kier alpha value is -3.20. The molecule has 0 unspecified atom stereocenters. The summed E-state index contributed by atoms with van der Waals surface area (Å²) in [5.41, 5.74) is 3.31. The number of nitrogens with one attached hydrogen (secondary N) is 1. The van der Waals surface area contributed by atoms with Crippen molar-refractivity contribution in [1.82, 2.24) is 4.98 Å². The molecule has 0 bridgehead atoms. The summed E-state index contributed by atoms with van der Waals surface area (Å²) >= 11 is 1.42. The zero-order chi connectivity index (χ0) is 17.1. The van der Waals surface area contributed by atoms with E-state index in [9.17, 15) is 15.2 Å². The molecule has 0 amide bonds. The number of benzene rings is 2. The largest absolute Gasteiger partial charge is 0.502 e. The number of anilines is 1. The van der Waals surface area contributed by atoms with Gasteiger partial charge in [-0.05, 0) is 18.2 Å². The van der Waals surface area contributed by atoms with E-state index >= 15 is 0 Å². The van der Waals surface area contributed by atoms with Crippen molar-refractivity contribution in [3.63, 3.8) is 0 Å². The van der Waals surface area contributed by atoms with Gasteiger partial charge in [0.05, 0.1) is 34.5 Å². The fraction of sp³-hybridized carbons (Fsp3) is 0.0667. The van der Waals surface area contributed by atoms with E-state index in [2.05, 4.69) is 15.5 Å². The Morgan fingerprint density at radius 2 is 2.21 bits per heavy atom. The predicted octanol–water partition coefficient (Wildman–Crippen LogP) is 3.36. The standard InChI is InChI=1S/C15H12N4O4S/c1-23-10-6-9(14(20)12(7-10)19(21)22)8-16-18-15-17-11-4-2-3-5-13(11)24-15/h2-8,20H,1H3,(H,17,18)/b16-8-. The van der Waals surface area contributed by atoms with Gasteiger partial charge in [-0.2, -0.15) is 5.10 Å². The number of thiazole rings is 1. The second-order valence-corrected chi connectivity index (χ2v) is 5.73. The molecule has 0 atom stereocenters. The molecule has 0 saturated carbocycles. The molecule has 0 aliphatic carbocycles. The molecule has 0 aliphatic rings. The van der Waals surface area contributed by atoms with Gasteiger partial charge in [-0.25, -0.2) is 4.98 Å². The molecule has 0 fully saturated rings. The van der Waals surface area contributed by atoms with Gasteiger partial charge in [0.1, 0.15) is 5.75 Å². The first-order valence-corrected chi connectivity index (χ1v) is 7.60. The van der Waals surface area contributed by atoms with Crippen molar-refractivity contribution in [1.29, 1.82) is 0 Å². The Labute approximate surface area is 140 Å². The van der Waals surface area contributed by atoms with Crippen LogP contribution in [-0.2, 0) is 0 Å². The second-order valence-electron chi connectivity index (χ2n) is 4.70. The van der Waals surface area contributed by atoms with E-state index < -0.39 is 16.4 Å². The number of para-hydroxylation sites is 1. The van der Waals surface area contributed by atoms with Gasteiger partial charge in [-0.15, -0.1) is 0 Å². The molecule has 8 nitrogen and oxygen atoms in total. The van der Waals surface area contributed by atoms with Crippen LogP contribution in [0.15, 0.2) is 41.5 Å². The lowest BCUT2D eigenvalue weighted by Gasteiger charge is -2.04. The van der Waals surface area contributed by atoms with Gasteiger partial charge in [0.25, 0.3) is 0 Å². The highest BCUT2D eigenvalue weighted by Gasteiger charge is 2.18. The quantitative estimate of drug-likeness (QED) is 0.417. The molecule has 3 aromatic rings. The summed E-state index contributed by atoms with van der Waals surface area (Å²) in [5, 5.41) is 25.5. The number of phenols is 1. The lowest BCUT2D eigenvalue weighted by atomic mass is 10.1. The SMILES string of the molecule is COc1cc(/C=N\Nc2nc3ccccc3s2)c(O)c([N+](=O)[O-])c1. The minimum atomic E-state index is -0.684. The van der Waals surface area contributed by atoms with Crippen LogP contribution in [0.1, 0.15) is 5.56 Å². The van der Waals surface area contributed by atoms with E-state index in [1.807, 2.05) is 24.3 Å². The molecule has 9 heteroatoms. The zero-order valence-corrected chi connectivity index (χ0v) is 13.3. The van der Waals surface area contributed by atoms with E-state index in [1.54, 1.807) is 0 Å². The molecule has 1 aromatic heterocycles. The highest BCUT2D eigenvalue weighted by molar-refractivity contribution is 7.22. The Bertz CT molecular complexity index is 905. The van der Waals surface area contributed by atoms with E-state index in [0.717, 1.165) is 16.3 Å². The topological polar surface area (TPSA) is 110 Å². The number of hydrogen-bond donors (Lipinski definition) is 2. The van der Waals surface area contributed by atoms with Crippen LogP contribution in [0, 0.1) is 10.1 Å². The van der Waals surface area contributed by atoms with Crippen molar-refractivity contribution in [3.8, 4) is 11.5 Å². The van der Waals surface area contributed by atoms with Crippen LogP contribution >= 0.6 is 11.3 Å². The van der Waals surface area contributed by atoms with Gasteiger partial charge >= 0.3 is 5.69 Å². The van der Waals surface area contributed by atoms with Gasteiger partial charge < -0.3 is 9.84 Å². The van der Waals surface area contributed by atoms with Crippen LogP contribution in [0.25, 0.3) is 10.2 Å². The molecule has 0 radical (unpaired) electrons. The first kappa shape index (κ1) is 15.7. The number of rotatable bonds is 5. The van der Waals surface area contributed by atoms with Crippen molar-refractivity contribution in [2.45, 2.75) is 0 Å². The Kier molecular flexibility index (Phi) is 4.25. The lowest BCUT2D eigenvalue weighted by Crippen LogP contribution is -1.96. The van der Waals surface area contributed by atoms with Crippen LogP contribution in [0.5, 0.6) is 11.5 Å². The number of phenolic OH excluding ortho intramolecular Hbond substituents is 1. The van der Waals surface area contributed by atoms with Gasteiger partial charge in [-0.1, -0.05) is 23.5 Å². The number of ether oxygens (including phenoxy) is 1. The highest BCUT2D eigenvalue weighted by atomic mass is 32.1. The summed E-state index contributed by atoms with van der Waals surface area (Å²) < 4.78 is 6.01. The number of hydrazone groups is 1. The maximum absolute atomic E-state index is 11.0. The molecule has 3 rings (SSSR count). The average Bonchev–Trinajstić information content (AvgIpc) is 2.98. The van der Waals surface area contributed by atoms with Crippen LogP contribution in [-0.4, -0.2) is 28.3 Å². The fourth-order valence-corrected chi connectivity index (χ4v) is 2.86. The van der Waals surface area contributed by atoms with E-state index in [4.69, 9.17) is 4.74 Å². The normalized spacial score (nSPS) is 11.0. The smallest absolute Gasteiger partial charge is 0.315 e. The molecule has 1 heterocycles. The molecule has 122 valence electrons. The van der Waals surface area contributed by atoms with Crippen LogP contribution in [0.2, 0.25) is 0 Å². The van der Waals surface area contributed by atoms with Crippen LogP contribution in [0.4, 0.5) is 10.8 Å². The Morgan fingerprint density at radius 1 is 1.42 bits per heavy atom. The predicted molar refractivity (Wildman–Crippen MR) is 92.1 cm³/mol. The highest BCUT2D eigenvalue weighted by Crippen LogP contribution is 2.33. The fourth-order valence-electron chi connectivity index (χ4n) is 2.05. The third-order valence-electron chi connectivity index (χ3n) is 3.18. The molecule has 2 aromatic carbocycles. The molecular formula is C15H12N4O4S. The van der Waals surface area contributed by atoms with Crippen molar-refractivity contribution in [2.75, 3.05) is 12.5 Å². The van der Waals surface area contributed by atoms with E-state index in [1.165, 1.54) is 30.7 Å². The molecular weight excluding hydrogens is 332 g/mol. The third kappa shape index (κ3) is 3.10. The first-order chi connectivity index (χ1) is 11.6. The van der Waals surface area contributed by atoms with Crippen molar-refractivity contribution in [3.05, 3.63) is 52.1 Å². The van der Waals surface area contributed by atoms with Gasteiger partial charge in [0, 0.05) is 5.56 Å². The van der Waals surface area contributed by atoms with E-state index in [-0.39, 0.29) is 11.3 Å². The average molecular weight is 344 g/mol. The summed E-state index contributed by atoms with van der Waals surface area (Å²) in [7, 11) is 1.39. The summed E-state index contributed by atoms with van der Waals surface area (Å²) in [5.74, 6) is -0.225. The monoisotopic (exact) mass is 344 g/mol. The number of fused-ring (bicyclic) bond motifs is 1. The summed E-state index contributed by atoms with van der Waals surface area (Å²) in [6, 6.07) is 10.2. The summed E-state index contributed by atoms with van der Waals surface area (Å²) in [6.07, 6.45) is 1.27. The van der Waals surface area contributed by atoms with E-state index in [0.29, 0.717) is 5.13 Å². The molecule has 24 heavy (non-hydrogen) atoms. The van der Waals surface area contributed by atoms with Crippen molar-refractivity contribution in [2.24, 2.45) is 5.10 Å². The number of nitrogens with zero attached hydrogens (tertiary/aromatic N) is 3. The Morgan fingerprint density at radius 3 is 2.92 bits per heavy atom.